The minimum absolute atomic E-state index is 0.190. The van der Waals surface area contributed by atoms with Gasteiger partial charge in [0.15, 0.2) is 5.16 Å². The molecule has 6 nitrogen and oxygen atoms in total. The van der Waals surface area contributed by atoms with Gasteiger partial charge in [-0.2, -0.15) is 5.26 Å². The minimum Gasteiger partial charge on any atom is -0.496 e. The highest BCUT2D eigenvalue weighted by Gasteiger charge is 2.14. The highest BCUT2D eigenvalue weighted by atomic mass is 32.2. The maximum Gasteiger partial charge on any atom is 0.222 e. The van der Waals surface area contributed by atoms with Crippen LogP contribution in [0.3, 0.4) is 0 Å². The van der Waals surface area contributed by atoms with Crippen molar-refractivity contribution >= 4 is 17.7 Å². The number of thioether (sulfide) groups is 1. The number of hydrogen-bond donors (Lipinski definition) is 1. The molecule has 0 radical (unpaired) electrons. The van der Waals surface area contributed by atoms with Crippen molar-refractivity contribution in [2.24, 2.45) is 0 Å². The maximum absolute atomic E-state index is 8.99. The third-order valence-corrected chi connectivity index (χ3v) is 3.97. The molecule has 0 aliphatic rings. The first-order valence-electron chi connectivity index (χ1n) is 6.47. The fraction of sp³-hybridized carbons (Fsp3) is 0.357. The third kappa shape index (κ3) is 3.28. The van der Waals surface area contributed by atoms with Crippen LogP contribution in [-0.4, -0.2) is 21.9 Å². The summed E-state index contributed by atoms with van der Waals surface area (Å²) in [6, 6.07) is 7.69. The maximum atomic E-state index is 8.99. The minimum atomic E-state index is 0.190. The molecular formula is C14H17N5OS. The van der Waals surface area contributed by atoms with Crippen molar-refractivity contribution in [2.75, 3.05) is 12.8 Å². The van der Waals surface area contributed by atoms with Gasteiger partial charge < -0.3 is 10.5 Å². The summed E-state index contributed by atoms with van der Waals surface area (Å²) in [7, 11) is 1.62. The summed E-state index contributed by atoms with van der Waals surface area (Å²) in [5, 5.41) is 17.8. The molecule has 2 aromatic rings. The lowest BCUT2D eigenvalue weighted by Gasteiger charge is -2.12. The topological polar surface area (TPSA) is 89.8 Å². The van der Waals surface area contributed by atoms with E-state index in [0.717, 1.165) is 16.5 Å². The smallest absolute Gasteiger partial charge is 0.222 e. The fourth-order valence-corrected chi connectivity index (χ4v) is 3.03. The number of hydrogen-bond acceptors (Lipinski definition) is 6. The fourth-order valence-electron chi connectivity index (χ4n) is 1.98. The Hall–Kier alpha value is -2.20. The lowest BCUT2D eigenvalue weighted by molar-refractivity contribution is 0.411. The molecule has 1 aromatic carbocycles. The molecule has 110 valence electrons. The molecule has 7 heteroatoms. The number of aromatic nitrogens is 3. The summed E-state index contributed by atoms with van der Waals surface area (Å²) < 4.78 is 7.21. The number of methoxy groups -OCH3 is 1. The molecule has 1 aromatic heterocycles. The Morgan fingerprint density at radius 1 is 1.43 bits per heavy atom. The molecule has 0 fully saturated rings. The molecule has 0 aliphatic heterocycles. The summed E-state index contributed by atoms with van der Waals surface area (Å²) in [4.78, 5) is 0. The van der Waals surface area contributed by atoms with Crippen molar-refractivity contribution in [3.05, 3.63) is 29.3 Å². The molecule has 2 rings (SSSR count). The average Bonchev–Trinajstić information content (AvgIpc) is 2.85. The Bertz CT molecular complexity index is 674. The van der Waals surface area contributed by atoms with E-state index >= 15 is 0 Å². The van der Waals surface area contributed by atoms with Gasteiger partial charge in [0.05, 0.1) is 18.7 Å². The van der Waals surface area contributed by atoms with Gasteiger partial charge in [-0.3, -0.25) is 4.57 Å². The van der Waals surface area contributed by atoms with Gasteiger partial charge in [-0.1, -0.05) is 11.8 Å². The van der Waals surface area contributed by atoms with Crippen molar-refractivity contribution in [3.63, 3.8) is 0 Å². The van der Waals surface area contributed by atoms with Crippen LogP contribution in [0.4, 0.5) is 5.95 Å². The number of nitrogen functional groups attached to an aromatic ring is 1. The quantitative estimate of drug-likeness (QED) is 0.854. The van der Waals surface area contributed by atoms with E-state index < -0.39 is 0 Å². The summed E-state index contributed by atoms with van der Waals surface area (Å²) in [5.74, 6) is 1.79. The van der Waals surface area contributed by atoms with Gasteiger partial charge in [0.1, 0.15) is 5.75 Å². The molecule has 0 aliphatic carbocycles. The first kappa shape index (κ1) is 15.2. The predicted octanol–water partition coefficient (Wildman–Crippen LogP) is 2.61. The van der Waals surface area contributed by atoms with Gasteiger partial charge in [-0.25, -0.2) is 0 Å². The normalized spacial score (nSPS) is 10.6. The number of nitrogens with zero attached hydrogens (tertiary/aromatic N) is 4. The molecule has 0 bridgehead atoms. The van der Waals surface area contributed by atoms with Crippen LogP contribution in [0.15, 0.2) is 23.4 Å². The number of rotatable bonds is 5. The number of benzene rings is 1. The van der Waals surface area contributed by atoms with Gasteiger partial charge >= 0.3 is 0 Å². The second-order valence-electron chi connectivity index (χ2n) is 4.73. The molecule has 0 spiro atoms. The van der Waals surface area contributed by atoms with Crippen LogP contribution >= 0.6 is 11.8 Å². The van der Waals surface area contributed by atoms with Crippen LogP contribution in [-0.2, 0) is 5.75 Å². The third-order valence-electron chi connectivity index (χ3n) is 2.97. The molecule has 2 N–H and O–H groups in total. The van der Waals surface area contributed by atoms with Crippen molar-refractivity contribution in [3.8, 4) is 11.8 Å². The SMILES string of the molecule is COc1ccc(C#N)cc1CSc1nnc(N)n1C(C)C. The largest absolute Gasteiger partial charge is 0.496 e. The van der Waals surface area contributed by atoms with E-state index in [0.29, 0.717) is 17.3 Å². The first-order valence-corrected chi connectivity index (χ1v) is 7.45. The lowest BCUT2D eigenvalue weighted by Crippen LogP contribution is -2.07. The van der Waals surface area contributed by atoms with E-state index in [1.165, 1.54) is 11.8 Å². The number of anilines is 1. The van der Waals surface area contributed by atoms with Crippen LogP contribution in [0.2, 0.25) is 0 Å². The van der Waals surface area contributed by atoms with Crippen molar-refractivity contribution in [2.45, 2.75) is 30.8 Å². The van der Waals surface area contributed by atoms with Crippen LogP contribution in [0.5, 0.6) is 5.75 Å². The van der Waals surface area contributed by atoms with Gasteiger partial charge in [0.2, 0.25) is 5.95 Å². The summed E-state index contributed by atoms with van der Waals surface area (Å²) in [6.45, 7) is 4.06. The Labute approximate surface area is 127 Å². The summed E-state index contributed by atoms with van der Waals surface area (Å²) in [6.07, 6.45) is 0. The van der Waals surface area contributed by atoms with Gasteiger partial charge in [0.25, 0.3) is 0 Å². The second kappa shape index (κ2) is 6.50. The standard InChI is InChI=1S/C14H17N5OS/c1-9(2)19-13(16)17-18-14(19)21-8-11-6-10(7-15)4-5-12(11)20-3/h4-6,9H,8H2,1-3H3,(H2,16,17). The zero-order valence-electron chi connectivity index (χ0n) is 12.2. The second-order valence-corrected chi connectivity index (χ2v) is 5.67. The van der Waals surface area contributed by atoms with Crippen LogP contribution in [0.25, 0.3) is 0 Å². The first-order chi connectivity index (χ1) is 10.1. The van der Waals surface area contributed by atoms with E-state index in [1.54, 1.807) is 19.2 Å². The Morgan fingerprint density at radius 2 is 2.19 bits per heavy atom. The number of ether oxygens (including phenoxy) is 1. The van der Waals surface area contributed by atoms with Crippen LogP contribution in [0, 0.1) is 11.3 Å². The zero-order chi connectivity index (χ0) is 15.4. The van der Waals surface area contributed by atoms with Gasteiger partial charge in [-0.05, 0) is 32.0 Å². The highest BCUT2D eigenvalue weighted by molar-refractivity contribution is 7.98. The van der Waals surface area contributed by atoms with Crippen molar-refractivity contribution < 1.29 is 4.74 Å². The Kier molecular flexibility index (Phi) is 4.70. The Morgan fingerprint density at radius 3 is 2.81 bits per heavy atom. The molecule has 21 heavy (non-hydrogen) atoms. The predicted molar refractivity (Wildman–Crippen MR) is 82.1 cm³/mol. The van der Waals surface area contributed by atoms with Crippen LogP contribution in [0.1, 0.15) is 31.0 Å². The molecular weight excluding hydrogens is 286 g/mol. The average molecular weight is 303 g/mol. The monoisotopic (exact) mass is 303 g/mol. The molecule has 0 unspecified atom stereocenters. The summed E-state index contributed by atoms with van der Waals surface area (Å²) >= 11 is 1.52. The summed E-state index contributed by atoms with van der Waals surface area (Å²) in [5.41, 5.74) is 7.37. The van der Waals surface area contributed by atoms with E-state index in [1.807, 2.05) is 24.5 Å². The molecule has 1 heterocycles. The molecule has 0 saturated carbocycles. The lowest BCUT2D eigenvalue weighted by atomic mass is 10.1. The molecule has 0 amide bonds. The van der Waals surface area contributed by atoms with Crippen LogP contribution < -0.4 is 10.5 Å². The van der Waals surface area contributed by atoms with E-state index in [-0.39, 0.29) is 6.04 Å². The highest BCUT2D eigenvalue weighted by Crippen LogP contribution is 2.30. The number of nitriles is 1. The molecule has 0 atom stereocenters. The van der Waals surface area contributed by atoms with Gasteiger partial charge in [-0.15, -0.1) is 10.2 Å². The van der Waals surface area contributed by atoms with E-state index in [9.17, 15) is 0 Å². The van der Waals surface area contributed by atoms with Crippen molar-refractivity contribution in [1.29, 1.82) is 5.26 Å². The zero-order valence-corrected chi connectivity index (χ0v) is 13.0. The molecule has 0 saturated heterocycles. The Balaban J connectivity index is 2.22. The van der Waals surface area contributed by atoms with E-state index in [2.05, 4.69) is 16.3 Å². The number of nitrogens with two attached hydrogens (primary N) is 1. The van der Waals surface area contributed by atoms with Gasteiger partial charge in [0, 0.05) is 17.4 Å². The van der Waals surface area contributed by atoms with E-state index in [4.69, 9.17) is 15.7 Å². The van der Waals surface area contributed by atoms with Crippen molar-refractivity contribution in [1.82, 2.24) is 14.8 Å².